The average Bonchev–Trinajstić information content (AvgIpc) is 2.23. The summed E-state index contributed by atoms with van der Waals surface area (Å²) in [5, 5.41) is 13.9. The molecule has 17 heavy (non-hydrogen) atoms. The summed E-state index contributed by atoms with van der Waals surface area (Å²) in [5.74, 6) is -0.403. The summed E-state index contributed by atoms with van der Waals surface area (Å²) < 4.78 is 0. The van der Waals surface area contributed by atoms with Gasteiger partial charge >= 0.3 is 0 Å². The number of nitrogens with two attached hydrogens (primary N) is 1. The number of carbonyl (C=O) groups is 1. The minimum atomic E-state index is -0.296. The summed E-state index contributed by atoms with van der Waals surface area (Å²) in [7, 11) is 0. The fourth-order valence-electron chi connectivity index (χ4n) is 1.76. The van der Waals surface area contributed by atoms with Crippen molar-refractivity contribution in [2.45, 2.75) is 27.2 Å². The van der Waals surface area contributed by atoms with Gasteiger partial charge in [0.25, 0.3) is 0 Å². The molecule has 0 unspecified atom stereocenters. The highest BCUT2D eigenvalue weighted by molar-refractivity contribution is 6.05. The molecule has 5 nitrogen and oxygen atoms in total. The van der Waals surface area contributed by atoms with Crippen molar-refractivity contribution < 1.29 is 10.0 Å². The van der Waals surface area contributed by atoms with Crippen molar-refractivity contribution >= 4 is 17.4 Å². The van der Waals surface area contributed by atoms with Crippen LogP contribution < -0.4 is 11.1 Å². The number of rotatable bonds is 3. The first-order chi connectivity index (χ1) is 7.93. The number of nitrogens with one attached hydrogen (secondary N) is 1. The minimum Gasteiger partial charge on any atom is -0.409 e. The molecule has 0 spiro atoms. The van der Waals surface area contributed by atoms with E-state index < -0.39 is 0 Å². The van der Waals surface area contributed by atoms with E-state index in [0.29, 0.717) is 0 Å². The summed E-state index contributed by atoms with van der Waals surface area (Å²) in [5.41, 5.74) is 9.19. The molecule has 0 heterocycles. The molecule has 0 aliphatic carbocycles. The Morgan fingerprint density at radius 3 is 2.35 bits per heavy atom. The summed E-state index contributed by atoms with van der Waals surface area (Å²) in [6.45, 7) is 5.86. The number of anilines is 1. The third kappa shape index (κ3) is 3.48. The Labute approximate surface area is 100 Å². The number of carbonyl (C=O) groups excluding carboxylic acids is 1. The van der Waals surface area contributed by atoms with Crippen LogP contribution >= 0.6 is 0 Å². The molecule has 5 heteroatoms. The van der Waals surface area contributed by atoms with Gasteiger partial charge in [-0.3, -0.25) is 4.79 Å². The Morgan fingerprint density at radius 1 is 1.35 bits per heavy atom. The molecule has 0 atom stereocenters. The van der Waals surface area contributed by atoms with E-state index in [4.69, 9.17) is 10.9 Å². The topological polar surface area (TPSA) is 87.7 Å². The van der Waals surface area contributed by atoms with E-state index >= 15 is 0 Å². The largest absolute Gasteiger partial charge is 0.409 e. The van der Waals surface area contributed by atoms with Crippen LogP contribution in [0.3, 0.4) is 0 Å². The van der Waals surface area contributed by atoms with Crippen molar-refractivity contribution in [3.63, 3.8) is 0 Å². The number of oxime groups is 1. The van der Waals surface area contributed by atoms with Crippen LogP contribution in [0.2, 0.25) is 0 Å². The zero-order chi connectivity index (χ0) is 13.0. The van der Waals surface area contributed by atoms with Gasteiger partial charge in [-0.1, -0.05) is 22.9 Å². The second-order valence-electron chi connectivity index (χ2n) is 4.09. The summed E-state index contributed by atoms with van der Waals surface area (Å²) in [4.78, 5) is 11.6. The standard InChI is InChI=1S/C12H17N3O2/c1-7-4-8(2)12(9(3)5-7)14-11(16)6-10(13)15-17/h4-5,17H,6H2,1-3H3,(H2,13,15)(H,14,16). The Morgan fingerprint density at radius 2 is 1.88 bits per heavy atom. The molecular formula is C12H17N3O2. The van der Waals surface area contributed by atoms with E-state index in [1.165, 1.54) is 0 Å². The van der Waals surface area contributed by atoms with Gasteiger partial charge < -0.3 is 16.3 Å². The quantitative estimate of drug-likeness (QED) is 0.322. The number of hydrogen-bond acceptors (Lipinski definition) is 3. The first kappa shape index (κ1) is 13.0. The zero-order valence-corrected chi connectivity index (χ0v) is 10.2. The van der Waals surface area contributed by atoms with Gasteiger partial charge in [0.2, 0.25) is 5.91 Å². The minimum absolute atomic E-state index is 0.107. The molecule has 1 aromatic carbocycles. The average molecular weight is 235 g/mol. The van der Waals surface area contributed by atoms with Gasteiger partial charge in [0.15, 0.2) is 0 Å². The summed E-state index contributed by atoms with van der Waals surface area (Å²) in [6.07, 6.45) is -0.122. The number of amidine groups is 1. The Hall–Kier alpha value is -2.04. The van der Waals surface area contributed by atoms with E-state index in [9.17, 15) is 4.79 Å². The number of aryl methyl sites for hydroxylation is 3. The zero-order valence-electron chi connectivity index (χ0n) is 10.2. The van der Waals surface area contributed by atoms with Gasteiger partial charge in [-0.05, 0) is 31.9 Å². The first-order valence-electron chi connectivity index (χ1n) is 5.28. The van der Waals surface area contributed by atoms with E-state index in [-0.39, 0.29) is 18.2 Å². The van der Waals surface area contributed by atoms with Crippen molar-refractivity contribution in [2.24, 2.45) is 10.9 Å². The number of amides is 1. The fraction of sp³-hybridized carbons (Fsp3) is 0.333. The van der Waals surface area contributed by atoms with Crippen LogP contribution in [-0.2, 0) is 4.79 Å². The normalized spacial score (nSPS) is 11.4. The molecule has 1 aromatic rings. The second kappa shape index (κ2) is 5.34. The molecule has 92 valence electrons. The van der Waals surface area contributed by atoms with Crippen LogP contribution in [0, 0.1) is 20.8 Å². The van der Waals surface area contributed by atoms with Gasteiger partial charge in [-0.2, -0.15) is 0 Å². The lowest BCUT2D eigenvalue weighted by Gasteiger charge is -2.12. The predicted octanol–water partition coefficient (Wildman–Crippen LogP) is 1.69. The van der Waals surface area contributed by atoms with Crippen LogP contribution in [0.1, 0.15) is 23.1 Å². The SMILES string of the molecule is Cc1cc(C)c(NC(=O)C/C(N)=N/O)c(C)c1. The fourth-order valence-corrected chi connectivity index (χ4v) is 1.76. The second-order valence-corrected chi connectivity index (χ2v) is 4.09. The number of benzene rings is 1. The van der Waals surface area contributed by atoms with Crippen LogP contribution in [0.5, 0.6) is 0 Å². The van der Waals surface area contributed by atoms with E-state index in [1.807, 2.05) is 32.9 Å². The molecule has 0 saturated carbocycles. The van der Waals surface area contributed by atoms with Gasteiger partial charge in [0.1, 0.15) is 5.84 Å². The van der Waals surface area contributed by atoms with Crippen LogP contribution in [-0.4, -0.2) is 17.0 Å². The lowest BCUT2D eigenvalue weighted by atomic mass is 10.1. The molecule has 0 aliphatic heterocycles. The highest BCUT2D eigenvalue weighted by Gasteiger charge is 2.09. The first-order valence-corrected chi connectivity index (χ1v) is 5.28. The monoisotopic (exact) mass is 235 g/mol. The van der Waals surface area contributed by atoms with Crippen LogP contribution in [0.4, 0.5) is 5.69 Å². The van der Waals surface area contributed by atoms with Crippen molar-refractivity contribution in [1.82, 2.24) is 0 Å². The van der Waals surface area contributed by atoms with E-state index in [2.05, 4.69) is 10.5 Å². The number of nitrogens with zero attached hydrogens (tertiary/aromatic N) is 1. The highest BCUT2D eigenvalue weighted by Crippen LogP contribution is 2.21. The molecule has 1 rings (SSSR count). The molecule has 1 amide bonds. The molecule has 0 bridgehead atoms. The van der Waals surface area contributed by atoms with Gasteiger partial charge in [0, 0.05) is 5.69 Å². The molecule has 0 radical (unpaired) electrons. The smallest absolute Gasteiger partial charge is 0.232 e. The molecule has 4 N–H and O–H groups in total. The van der Waals surface area contributed by atoms with Gasteiger partial charge in [0.05, 0.1) is 6.42 Å². The van der Waals surface area contributed by atoms with Crippen molar-refractivity contribution in [3.05, 3.63) is 28.8 Å². The predicted molar refractivity (Wildman–Crippen MR) is 67.3 cm³/mol. The van der Waals surface area contributed by atoms with Crippen LogP contribution in [0.15, 0.2) is 17.3 Å². The van der Waals surface area contributed by atoms with E-state index in [1.54, 1.807) is 0 Å². The van der Waals surface area contributed by atoms with Crippen molar-refractivity contribution in [2.75, 3.05) is 5.32 Å². The maximum atomic E-state index is 11.6. The maximum Gasteiger partial charge on any atom is 0.232 e. The third-order valence-corrected chi connectivity index (χ3v) is 2.41. The summed E-state index contributed by atoms with van der Waals surface area (Å²) in [6, 6.07) is 3.98. The molecule has 0 aromatic heterocycles. The van der Waals surface area contributed by atoms with Crippen molar-refractivity contribution in [3.8, 4) is 0 Å². The Balaban J connectivity index is 2.85. The lowest BCUT2D eigenvalue weighted by molar-refractivity contribution is -0.115. The number of hydrogen-bond donors (Lipinski definition) is 3. The Kier molecular flexibility index (Phi) is 4.09. The van der Waals surface area contributed by atoms with Crippen LogP contribution in [0.25, 0.3) is 0 Å². The van der Waals surface area contributed by atoms with Gasteiger partial charge in [-0.25, -0.2) is 0 Å². The third-order valence-electron chi connectivity index (χ3n) is 2.41. The molecular weight excluding hydrogens is 218 g/mol. The molecule has 0 saturated heterocycles. The lowest BCUT2D eigenvalue weighted by Crippen LogP contribution is -2.22. The van der Waals surface area contributed by atoms with Gasteiger partial charge in [-0.15, -0.1) is 0 Å². The maximum absolute atomic E-state index is 11.6. The Bertz CT molecular complexity index is 444. The summed E-state index contributed by atoms with van der Waals surface area (Å²) >= 11 is 0. The van der Waals surface area contributed by atoms with E-state index in [0.717, 1.165) is 22.4 Å². The molecule has 0 fully saturated rings. The van der Waals surface area contributed by atoms with Crippen molar-refractivity contribution in [1.29, 1.82) is 0 Å². The highest BCUT2D eigenvalue weighted by atomic mass is 16.4. The molecule has 0 aliphatic rings.